The quantitative estimate of drug-likeness (QED) is 0.660. The fourth-order valence-electron chi connectivity index (χ4n) is 1.10. The van der Waals surface area contributed by atoms with Crippen LogP contribution in [0.4, 0.5) is 5.82 Å². The molecule has 0 bridgehead atoms. The summed E-state index contributed by atoms with van der Waals surface area (Å²) in [5, 5.41) is 3.05. The molecule has 0 spiro atoms. The monoisotopic (exact) mass is 211 g/mol. The average Bonchev–Trinajstić information content (AvgIpc) is 2.23. The van der Waals surface area contributed by atoms with Crippen molar-refractivity contribution in [2.45, 2.75) is 19.8 Å². The van der Waals surface area contributed by atoms with E-state index in [0.29, 0.717) is 5.82 Å². The molecular weight excluding hydrogens is 194 g/mol. The maximum atomic E-state index is 10.9. The van der Waals surface area contributed by atoms with Crippen LogP contribution < -0.4 is 10.9 Å². The van der Waals surface area contributed by atoms with Crippen molar-refractivity contribution in [2.75, 3.05) is 25.1 Å². The summed E-state index contributed by atoms with van der Waals surface area (Å²) in [5.74, 6) is 0.606. The summed E-state index contributed by atoms with van der Waals surface area (Å²) in [6.45, 7) is 4.39. The Kier molecular flexibility index (Phi) is 5.47. The molecular formula is C10H17N3O2. The molecule has 0 aliphatic heterocycles. The van der Waals surface area contributed by atoms with Crippen LogP contribution in [0.1, 0.15) is 19.8 Å². The van der Waals surface area contributed by atoms with Crippen LogP contribution in [0, 0.1) is 0 Å². The second-order valence-electron chi connectivity index (χ2n) is 3.19. The predicted octanol–water partition coefficient (Wildman–Crippen LogP) is 0.998. The van der Waals surface area contributed by atoms with E-state index in [0.717, 1.165) is 32.6 Å². The Labute approximate surface area is 88.9 Å². The molecule has 0 fully saturated rings. The minimum Gasteiger partial charge on any atom is -0.381 e. The first-order valence-electron chi connectivity index (χ1n) is 5.19. The molecule has 15 heavy (non-hydrogen) atoms. The third-order valence-electron chi connectivity index (χ3n) is 1.80. The zero-order valence-electron chi connectivity index (χ0n) is 8.95. The van der Waals surface area contributed by atoms with E-state index < -0.39 is 0 Å². The first-order chi connectivity index (χ1) is 7.33. The number of hydrogen-bond donors (Lipinski definition) is 2. The van der Waals surface area contributed by atoms with Crippen molar-refractivity contribution >= 4 is 5.82 Å². The lowest BCUT2D eigenvalue weighted by atomic mass is 10.4. The van der Waals surface area contributed by atoms with Gasteiger partial charge in [-0.05, 0) is 12.8 Å². The first-order valence-corrected chi connectivity index (χ1v) is 5.19. The Balaban J connectivity index is 2.12. The SMILES string of the molecule is CCCOCCCNc1cc(=O)[nH]cn1. The van der Waals surface area contributed by atoms with Crippen LogP contribution in [-0.4, -0.2) is 29.7 Å². The number of H-pyrrole nitrogens is 1. The van der Waals surface area contributed by atoms with Crippen molar-refractivity contribution in [2.24, 2.45) is 0 Å². The van der Waals surface area contributed by atoms with Gasteiger partial charge in [-0.3, -0.25) is 4.79 Å². The van der Waals surface area contributed by atoms with Gasteiger partial charge in [0.2, 0.25) is 0 Å². The standard InChI is InChI=1S/C10H17N3O2/c1-2-5-15-6-3-4-11-9-7-10(14)13-8-12-9/h7-8H,2-6H2,1H3,(H2,11,12,13,14). The second-order valence-corrected chi connectivity index (χ2v) is 3.19. The van der Waals surface area contributed by atoms with Gasteiger partial charge in [0.15, 0.2) is 0 Å². The Morgan fingerprint density at radius 2 is 2.40 bits per heavy atom. The topological polar surface area (TPSA) is 67.0 Å². The van der Waals surface area contributed by atoms with E-state index in [2.05, 4.69) is 22.2 Å². The lowest BCUT2D eigenvalue weighted by Crippen LogP contribution is -2.11. The van der Waals surface area contributed by atoms with Crippen molar-refractivity contribution in [3.8, 4) is 0 Å². The average molecular weight is 211 g/mol. The smallest absolute Gasteiger partial charge is 0.252 e. The van der Waals surface area contributed by atoms with Gasteiger partial charge in [-0.1, -0.05) is 6.92 Å². The molecule has 0 amide bonds. The summed E-state index contributed by atoms with van der Waals surface area (Å²) < 4.78 is 5.32. The number of anilines is 1. The lowest BCUT2D eigenvalue weighted by Gasteiger charge is -2.04. The molecule has 84 valence electrons. The fourth-order valence-corrected chi connectivity index (χ4v) is 1.10. The summed E-state index contributed by atoms with van der Waals surface area (Å²) in [6, 6.07) is 1.44. The molecule has 1 heterocycles. The molecule has 0 aliphatic carbocycles. The molecule has 0 atom stereocenters. The highest BCUT2D eigenvalue weighted by atomic mass is 16.5. The lowest BCUT2D eigenvalue weighted by molar-refractivity contribution is 0.134. The zero-order chi connectivity index (χ0) is 10.9. The fraction of sp³-hybridized carbons (Fsp3) is 0.600. The highest BCUT2D eigenvalue weighted by Crippen LogP contribution is 1.95. The Morgan fingerprint density at radius 3 is 3.13 bits per heavy atom. The van der Waals surface area contributed by atoms with Crippen molar-refractivity contribution in [3.05, 3.63) is 22.7 Å². The van der Waals surface area contributed by atoms with Gasteiger partial charge in [0.1, 0.15) is 5.82 Å². The van der Waals surface area contributed by atoms with E-state index in [1.807, 2.05) is 0 Å². The van der Waals surface area contributed by atoms with Crippen LogP contribution in [-0.2, 0) is 4.74 Å². The zero-order valence-corrected chi connectivity index (χ0v) is 8.95. The maximum Gasteiger partial charge on any atom is 0.252 e. The second kappa shape index (κ2) is 7.00. The van der Waals surface area contributed by atoms with Crippen molar-refractivity contribution in [1.82, 2.24) is 9.97 Å². The van der Waals surface area contributed by atoms with E-state index in [1.165, 1.54) is 12.4 Å². The van der Waals surface area contributed by atoms with Crippen molar-refractivity contribution in [1.29, 1.82) is 0 Å². The molecule has 1 aromatic rings. The Morgan fingerprint density at radius 1 is 1.53 bits per heavy atom. The van der Waals surface area contributed by atoms with E-state index in [1.54, 1.807) is 0 Å². The van der Waals surface area contributed by atoms with E-state index >= 15 is 0 Å². The molecule has 0 unspecified atom stereocenters. The highest BCUT2D eigenvalue weighted by molar-refractivity contribution is 5.31. The summed E-state index contributed by atoms with van der Waals surface area (Å²) in [6.07, 6.45) is 3.34. The van der Waals surface area contributed by atoms with Crippen LogP contribution >= 0.6 is 0 Å². The maximum absolute atomic E-state index is 10.9. The number of ether oxygens (including phenoxy) is 1. The van der Waals surface area contributed by atoms with Gasteiger partial charge in [-0.2, -0.15) is 0 Å². The number of hydrogen-bond acceptors (Lipinski definition) is 4. The van der Waals surface area contributed by atoms with Gasteiger partial charge in [0.05, 0.1) is 6.33 Å². The number of nitrogens with zero attached hydrogens (tertiary/aromatic N) is 1. The molecule has 1 rings (SSSR count). The summed E-state index contributed by atoms with van der Waals surface area (Å²) in [4.78, 5) is 17.3. The molecule has 0 aliphatic rings. The number of aromatic nitrogens is 2. The molecule has 1 aromatic heterocycles. The van der Waals surface area contributed by atoms with Crippen molar-refractivity contribution < 1.29 is 4.74 Å². The minimum atomic E-state index is -0.144. The van der Waals surface area contributed by atoms with Crippen LogP contribution in [0.25, 0.3) is 0 Å². The van der Waals surface area contributed by atoms with E-state index in [4.69, 9.17) is 4.74 Å². The number of nitrogens with one attached hydrogen (secondary N) is 2. The van der Waals surface area contributed by atoms with E-state index in [9.17, 15) is 4.79 Å². The number of rotatable bonds is 7. The van der Waals surface area contributed by atoms with Gasteiger partial charge in [-0.25, -0.2) is 4.98 Å². The van der Waals surface area contributed by atoms with Gasteiger partial charge in [0, 0.05) is 25.8 Å². The first kappa shape index (κ1) is 11.7. The number of aromatic amines is 1. The van der Waals surface area contributed by atoms with Crippen molar-refractivity contribution in [3.63, 3.8) is 0 Å². The van der Waals surface area contributed by atoms with Crippen LogP contribution in [0.2, 0.25) is 0 Å². The molecule has 0 radical (unpaired) electrons. The molecule has 5 nitrogen and oxygen atoms in total. The summed E-state index contributed by atoms with van der Waals surface area (Å²) in [7, 11) is 0. The van der Waals surface area contributed by atoms with Gasteiger partial charge in [0.25, 0.3) is 5.56 Å². The van der Waals surface area contributed by atoms with Crippen LogP contribution in [0.3, 0.4) is 0 Å². The molecule has 0 saturated carbocycles. The van der Waals surface area contributed by atoms with Crippen LogP contribution in [0.15, 0.2) is 17.2 Å². The van der Waals surface area contributed by atoms with Gasteiger partial charge >= 0.3 is 0 Å². The molecule has 0 aromatic carbocycles. The molecule has 2 N–H and O–H groups in total. The Hall–Kier alpha value is -1.36. The van der Waals surface area contributed by atoms with Gasteiger partial charge in [-0.15, -0.1) is 0 Å². The molecule has 5 heteroatoms. The highest BCUT2D eigenvalue weighted by Gasteiger charge is 1.93. The predicted molar refractivity (Wildman–Crippen MR) is 59.1 cm³/mol. The third kappa shape index (κ3) is 5.17. The molecule has 0 saturated heterocycles. The normalized spacial score (nSPS) is 10.2. The summed E-state index contributed by atoms with van der Waals surface area (Å²) in [5.41, 5.74) is -0.144. The third-order valence-corrected chi connectivity index (χ3v) is 1.80. The van der Waals surface area contributed by atoms with Crippen LogP contribution in [0.5, 0.6) is 0 Å². The summed E-state index contributed by atoms with van der Waals surface area (Å²) >= 11 is 0. The largest absolute Gasteiger partial charge is 0.381 e. The Bertz CT molecular complexity index is 324. The van der Waals surface area contributed by atoms with E-state index in [-0.39, 0.29) is 5.56 Å². The van der Waals surface area contributed by atoms with Gasteiger partial charge < -0.3 is 15.0 Å². The minimum absolute atomic E-state index is 0.144.